The lowest BCUT2D eigenvalue weighted by Crippen LogP contribution is -1.81. The van der Waals surface area contributed by atoms with E-state index in [-0.39, 0.29) is 0 Å². The van der Waals surface area contributed by atoms with Crippen LogP contribution in [0.4, 0.5) is 5.69 Å². The van der Waals surface area contributed by atoms with Crippen LogP contribution in [0.1, 0.15) is 0 Å². The Hall–Kier alpha value is -1.61. The van der Waals surface area contributed by atoms with Crippen LogP contribution in [-0.4, -0.2) is 4.98 Å². The Labute approximate surface area is 85.0 Å². The summed E-state index contributed by atoms with van der Waals surface area (Å²) in [5, 5.41) is 2.40. The van der Waals surface area contributed by atoms with E-state index in [1.54, 1.807) is 11.3 Å². The summed E-state index contributed by atoms with van der Waals surface area (Å²) in [6.45, 7) is 0. The molecule has 2 N–H and O–H groups in total. The minimum absolute atomic E-state index is 0.838. The molecule has 0 saturated carbocycles. The lowest BCUT2D eigenvalue weighted by Gasteiger charge is -1.93. The number of nitrogens with two attached hydrogens (primary N) is 1. The predicted octanol–water partition coefficient (Wildman–Crippen LogP) is 3.03. The standard InChI is InChI=1S/C11H8N2S/c12-9-5-1-3-7-8-4-2-6-13-11(8)14-10(7)9/h1-6H,12H2. The zero-order valence-corrected chi connectivity index (χ0v) is 8.21. The van der Waals surface area contributed by atoms with Gasteiger partial charge in [0.25, 0.3) is 0 Å². The van der Waals surface area contributed by atoms with E-state index in [2.05, 4.69) is 17.1 Å². The average Bonchev–Trinajstić information content (AvgIpc) is 2.59. The number of thiophene rings is 1. The van der Waals surface area contributed by atoms with Crippen LogP contribution in [-0.2, 0) is 0 Å². The van der Waals surface area contributed by atoms with Crippen LogP contribution < -0.4 is 5.73 Å². The Bertz CT molecular complexity index is 613. The smallest absolute Gasteiger partial charge is 0.124 e. The van der Waals surface area contributed by atoms with Crippen molar-refractivity contribution in [1.82, 2.24) is 4.98 Å². The Kier molecular flexibility index (Phi) is 1.49. The third-order valence-corrected chi connectivity index (χ3v) is 3.48. The van der Waals surface area contributed by atoms with E-state index in [4.69, 9.17) is 5.73 Å². The Morgan fingerprint density at radius 2 is 1.93 bits per heavy atom. The van der Waals surface area contributed by atoms with Crippen molar-refractivity contribution >= 4 is 37.3 Å². The number of aromatic nitrogens is 1. The maximum atomic E-state index is 5.90. The van der Waals surface area contributed by atoms with Crippen LogP contribution in [0.25, 0.3) is 20.3 Å². The molecule has 3 heteroatoms. The van der Waals surface area contributed by atoms with Gasteiger partial charge in [-0.15, -0.1) is 11.3 Å². The topological polar surface area (TPSA) is 38.9 Å². The van der Waals surface area contributed by atoms with E-state index < -0.39 is 0 Å². The van der Waals surface area contributed by atoms with Gasteiger partial charge in [-0.3, -0.25) is 0 Å². The molecule has 0 saturated heterocycles. The summed E-state index contributed by atoms with van der Waals surface area (Å²) in [7, 11) is 0. The molecule has 0 amide bonds. The Balaban J connectivity index is 2.63. The number of hydrogen-bond donors (Lipinski definition) is 1. The molecular weight excluding hydrogens is 192 g/mol. The second kappa shape index (κ2) is 2.69. The monoisotopic (exact) mass is 200 g/mol. The lowest BCUT2D eigenvalue weighted by molar-refractivity contribution is 1.45. The number of rotatable bonds is 0. The molecule has 3 rings (SSSR count). The van der Waals surface area contributed by atoms with Crippen LogP contribution in [0.15, 0.2) is 36.5 Å². The van der Waals surface area contributed by atoms with E-state index in [0.717, 1.165) is 15.2 Å². The first-order valence-corrected chi connectivity index (χ1v) is 5.19. The van der Waals surface area contributed by atoms with Crippen molar-refractivity contribution < 1.29 is 0 Å². The molecule has 2 heterocycles. The number of hydrogen-bond acceptors (Lipinski definition) is 3. The first-order chi connectivity index (χ1) is 6.86. The molecule has 0 atom stereocenters. The number of anilines is 1. The van der Waals surface area contributed by atoms with Gasteiger partial charge in [-0.05, 0) is 18.2 Å². The van der Waals surface area contributed by atoms with Gasteiger partial charge in [0, 0.05) is 22.7 Å². The summed E-state index contributed by atoms with van der Waals surface area (Å²) < 4.78 is 1.14. The molecule has 0 aliphatic carbocycles. The van der Waals surface area contributed by atoms with Crippen molar-refractivity contribution in [2.45, 2.75) is 0 Å². The second-order valence-electron chi connectivity index (χ2n) is 3.18. The highest BCUT2D eigenvalue weighted by molar-refractivity contribution is 7.26. The van der Waals surface area contributed by atoms with Crippen LogP contribution in [0.2, 0.25) is 0 Å². The molecule has 1 aromatic carbocycles. The van der Waals surface area contributed by atoms with Crippen LogP contribution >= 0.6 is 11.3 Å². The van der Waals surface area contributed by atoms with Crippen molar-refractivity contribution in [3.05, 3.63) is 36.5 Å². The third-order valence-electron chi connectivity index (χ3n) is 2.31. The molecular formula is C11H8N2S. The first kappa shape index (κ1) is 7.76. The van der Waals surface area contributed by atoms with E-state index >= 15 is 0 Å². The van der Waals surface area contributed by atoms with Crippen molar-refractivity contribution in [3.63, 3.8) is 0 Å². The molecule has 2 nitrogen and oxygen atoms in total. The van der Waals surface area contributed by atoms with Gasteiger partial charge in [0.1, 0.15) is 4.83 Å². The van der Waals surface area contributed by atoms with Gasteiger partial charge >= 0.3 is 0 Å². The van der Waals surface area contributed by atoms with Gasteiger partial charge in [0.2, 0.25) is 0 Å². The van der Waals surface area contributed by atoms with Crippen LogP contribution in [0, 0.1) is 0 Å². The lowest BCUT2D eigenvalue weighted by atomic mass is 10.2. The predicted molar refractivity (Wildman–Crippen MR) is 61.5 cm³/mol. The minimum atomic E-state index is 0.838. The summed E-state index contributed by atoms with van der Waals surface area (Å²) in [6.07, 6.45) is 1.81. The second-order valence-corrected chi connectivity index (χ2v) is 4.18. The molecule has 0 fully saturated rings. The summed E-state index contributed by atoms with van der Waals surface area (Å²) in [5.74, 6) is 0. The molecule has 0 unspecified atom stereocenters. The molecule has 0 radical (unpaired) electrons. The fourth-order valence-corrected chi connectivity index (χ4v) is 2.72. The van der Waals surface area contributed by atoms with Gasteiger partial charge < -0.3 is 5.73 Å². The maximum absolute atomic E-state index is 5.90. The number of fused-ring (bicyclic) bond motifs is 3. The van der Waals surface area contributed by atoms with E-state index in [1.165, 1.54) is 10.8 Å². The molecule has 0 spiro atoms. The van der Waals surface area contributed by atoms with Gasteiger partial charge in [0.15, 0.2) is 0 Å². The molecule has 3 aromatic rings. The number of nitrogen functional groups attached to an aromatic ring is 1. The van der Waals surface area contributed by atoms with E-state index in [0.29, 0.717) is 0 Å². The largest absolute Gasteiger partial charge is 0.398 e. The Morgan fingerprint density at radius 3 is 2.86 bits per heavy atom. The van der Waals surface area contributed by atoms with Crippen molar-refractivity contribution in [1.29, 1.82) is 0 Å². The molecule has 68 valence electrons. The van der Waals surface area contributed by atoms with Crippen molar-refractivity contribution in [3.8, 4) is 0 Å². The highest BCUT2D eigenvalue weighted by atomic mass is 32.1. The fraction of sp³-hybridized carbons (Fsp3) is 0. The molecule has 0 aliphatic rings. The summed E-state index contributed by atoms with van der Waals surface area (Å²) in [5.41, 5.74) is 6.74. The van der Waals surface area contributed by atoms with Gasteiger partial charge in [0.05, 0.1) is 4.70 Å². The zero-order valence-electron chi connectivity index (χ0n) is 7.40. The van der Waals surface area contributed by atoms with Gasteiger partial charge in [-0.1, -0.05) is 12.1 Å². The summed E-state index contributed by atoms with van der Waals surface area (Å²) >= 11 is 1.65. The van der Waals surface area contributed by atoms with Gasteiger partial charge in [-0.2, -0.15) is 0 Å². The Morgan fingerprint density at radius 1 is 1.07 bits per heavy atom. The number of benzene rings is 1. The number of nitrogens with zero attached hydrogens (tertiary/aromatic N) is 1. The fourth-order valence-electron chi connectivity index (χ4n) is 1.65. The quantitative estimate of drug-likeness (QED) is 0.566. The van der Waals surface area contributed by atoms with Gasteiger partial charge in [-0.25, -0.2) is 4.98 Å². The maximum Gasteiger partial charge on any atom is 0.124 e. The molecule has 14 heavy (non-hydrogen) atoms. The highest BCUT2D eigenvalue weighted by Crippen LogP contribution is 2.35. The summed E-state index contributed by atoms with van der Waals surface area (Å²) in [4.78, 5) is 5.38. The highest BCUT2D eigenvalue weighted by Gasteiger charge is 2.06. The number of pyridine rings is 1. The summed E-state index contributed by atoms with van der Waals surface area (Å²) in [6, 6.07) is 10.0. The minimum Gasteiger partial charge on any atom is -0.398 e. The van der Waals surface area contributed by atoms with E-state index in [9.17, 15) is 0 Å². The third kappa shape index (κ3) is 0.930. The van der Waals surface area contributed by atoms with Crippen molar-refractivity contribution in [2.24, 2.45) is 0 Å². The SMILES string of the molecule is Nc1cccc2c1sc1ncccc12. The zero-order chi connectivity index (χ0) is 9.54. The molecule has 2 aromatic heterocycles. The molecule has 0 bridgehead atoms. The molecule has 0 aliphatic heterocycles. The normalized spacial score (nSPS) is 11.1. The van der Waals surface area contributed by atoms with Crippen molar-refractivity contribution in [2.75, 3.05) is 5.73 Å². The first-order valence-electron chi connectivity index (χ1n) is 4.38. The van der Waals surface area contributed by atoms with Crippen LogP contribution in [0.5, 0.6) is 0 Å². The van der Waals surface area contributed by atoms with E-state index in [1.807, 2.05) is 24.4 Å². The average molecular weight is 200 g/mol. The van der Waals surface area contributed by atoms with Crippen LogP contribution in [0.3, 0.4) is 0 Å².